The average molecular weight is 338 g/mol. The highest BCUT2D eigenvalue weighted by atomic mass is 127. The first-order chi connectivity index (χ1) is 7.54. The molecule has 1 unspecified atom stereocenters. The minimum absolute atomic E-state index is 0.0444. The summed E-state index contributed by atoms with van der Waals surface area (Å²) < 4.78 is 0.762. The Morgan fingerprint density at radius 2 is 2.25 bits per heavy atom. The number of benzene rings is 1. The van der Waals surface area contributed by atoms with Crippen molar-refractivity contribution in [2.75, 3.05) is 18.5 Å². The molecule has 1 aromatic rings. The molecule has 0 amide bonds. The third-order valence-corrected chi connectivity index (χ3v) is 2.57. The predicted octanol–water partition coefficient (Wildman–Crippen LogP) is 0.964. The summed E-state index contributed by atoms with van der Waals surface area (Å²) in [6.07, 6.45) is -0.932. The maximum absolute atomic E-state index is 10.7. The van der Waals surface area contributed by atoms with Crippen LogP contribution in [0.5, 0.6) is 0 Å². The van der Waals surface area contributed by atoms with E-state index in [9.17, 15) is 10.1 Å². The smallest absolute Gasteiger partial charge is 0.293 e. The van der Waals surface area contributed by atoms with E-state index in [1.54, 1.807) is 12.1 Å². The fourth-order valence-electron chi connectivity index (χ4n) is 1.10. The van der Waals surface area contributed by atoms with E-state index < -0.39 is 11.0 Å². The first kappa shape index (κ1) is 13.1. The Kier molecular flexibility index (Phi) is 4.90. The van der Waals surface area contributed by atoms with E-state index in [2.05, 4.69) is 5.32 Å². The van der Waals surface area contributed by atoms with Gasteiger partial charge < -0.3 is 15.5 Å². The van der Waals surface area contributed by atoms with Crippen molar-refractivity contribution in [3.05, 3.63) is 31.9 Å². The number of hydrogen-bond donors (Lipinski definition) is 3. The highest BCUT2D eigenvalue weighted by Crippen LogP contribution is 2.26. The van der Waals surface area contributed by atoms with Crippen molar-refractivity contribution in [1.29, 1.82) is 0 Å². The number of nitro benzene ring substituents is 1. The van der Waals surface area contributed by atoms with Crippen molar-refractivity contribution < 1.29 is 15.1 Å². The molecule has 0 bridgehead atoms. The Balaban J connectivity index is 2.82. The molecular weight excluding hydrogens is 327 g/mol. The molecule has 88 valence electrons. The normalized spacial score (nSPS) is 12.2. The van der Waals surface area contributed by atoms with Crippen LogP contribution in [0.1, 0.15) is 0 Å². The van der Waals surface area contributed by atoms with Gasteiger partial charge in [-0.3, -0.25) is 10.1 Å². The van der Waals surface area contributed by atoms with Crippen LogP contribution < -0.4 is 5.32 Å². The molecule has 0 fully saturated rings. The molecule has 6 nitrogen and oxygen atoms in total. The lowest BCUT2D eigenvalue weighted by Crippen LogP contribution is -2.23. The minimum atomic E-state index is -0.932. The summed E-state index contributed by atoms with van der Waals surface area (Å²) in [6.45, 7) is -0.316. The van der Waals surface area contributed by atoms with Crippen LogP contribution in [0.15, 0.2) is 18.2 Å². The molecule has 1 atom stereocenters. The van der Waals surface area contributed by atoms with Crippen molar-refractivity contribution in [3.8, 4) is 0 Å². The van der Waals surface area contributed by atoms with Gasteiger partial charge in [-0.05, 0) is 34.7 Å². The Morgan fingerprint density at radius 3 is 2.81 bits per heavy atom. The van der Waals surface area contributed by atoms with Crippen molar-refractivity contribution in [2.45, 2.75) is 6.10 Å². The Labute approximate surface area is 106 Å². The van der Waals surface area contributed by atoms with Crippen LogP contribution >= 0.6 is 22.6 Å². The van der Waals surface area contributed by atoms with Gasteiger partial charge >= 0.3 is 0 Å². The van der Waals surface area contributed by atoms with Crippen molar-refractivity contribution in [2.24, 2.45) is 0 Å². The quantitative estimate of drug-likeness (QED) is 0.422. The molecule has 0 aliphatic carbocycles. The van der Waals surface area contributed by atoms with E-state index in [0.29, 0.717) is 5.69 Å². The molecule has 0 saturated carbocycles. The number of nitrogens with zero attached hydrogens (tertiary/aromatic N) is 1. The van der Waals surface area contributed by atoms with Crippen LogP contribution in [0.4, 0.5) is 11.4 Å². The maximum Gasteiger partial charge on any atom is 0.293 e. The number of aliphatic hydroxyl groups excluding tert-OH is 2. The zero-order valence-corrected chi connectivity index (χ0v) is 10.4. The SMILES string of the molecule is O=[N+]([O-])c1cc(I)ccc1NCC(O)CO. The molecule has 7 heteroatoms. The molecule has 0 radical (unpaired) electrons. The highest BCUT2D eigenvalue weighted by molar-refractivity contribution is 14.1. The summed E-state index contributed by atoms with van der Waals surface area (Å²) in [5, 5.41) is 31.2. The molecule has 0 aliphatic heterocycles. The van der Waals surface area contributed by atoms with Crippen LogP contribution in [0.25, 0.3) is 0 Å². The molecule has 0 aromatic heterocycles. The monoisotopic (exact) mass is 338 g/mol. The van der Waals surface area contributed by atoms with Crippen LogP contribution in [0.2, 0.25) is 0 Å². The zero-order chi connectivity index (χ0) is 12.1. The number of nitro groups is 1. The lowest BCUT2D eigenvalue weighted by atomic mass is 10.2. The van der Waals surface area contributed by atoms with Gasteiger partial charge in [-0.15, -0.1) is 0 Å². The van der Waals surface area contributed by atoms with Gasteiger partial charge in [0.05, 0.1) is 17.6 Å². The summed E-state index contributed by atoms with van der Waals surface area (Å²) in [5.41, 5.74) is 0.287. The summed E-state index contributed by atoms with van der Waals surface area (Å²) >= 11 is 1.98. The van der Waals surface area contributed by atoms with E-state index in [4.69, 9.17) is 10.2 Å². The molecule has 0 saturated heterocycles. The van der Waals surface area contributed by atoms with E-state index in [0.717, 1.165) is 3.57 Å². The molecule has 0 heterocycles. The molecule has 1 aromatic carbocycles. The molecule has 0 aliphatic rings. The highest BCUT2D eigenvalue weighted by Gasteiger charge is 2.14. The third-order valence-electron chi connectivity index (χ3n) is 1.90. The number of nitrogens with one attached hydrogen (secondary N) is 1. The van der Waals surface area contributed by atoms with Gasteiger partial charge in [0.25, 0.3) is 5.69 Å². The largest absolute Gasteiger partial charge is 0.394 e. The number of halogens is 1. The standard InChI is InChI=1S/C9H11IN2O4/c10-6-1-2-8(9(3-6)12(15)16)11-4-7(14)5-13/h1-3,7,11,13-14H,4-5H2. The van der Waals surface area contributed by atoms with Crippen LogP contribution in [0.3, 0.4) is 0 Å². The van der Waals surface area contributed by atoms with Gasteiger partial charge in [-0.2, -0.15) is 0 Å². The summed E-state index contributed by atoms with van der Waals surface area (Å²) in [6, 6.07) is 4.74. The Hall–Kier alpha value is -0.930. The van der Waals surface area contributed by atoms with Gasteiger partial charge in [0, 0.05) is 16.2 Å². The van der Waals surface area contributed by atoms with Gasteiger partial charge in [-0.25, -0.2) is 0 Å². The molecule has 0 spiro atoms. The lowest BCUT2D eigenvalue weighted by molar-refractivity contribution is -0.384. The topological polar surface area (TPSA) is 95.6 Å². The number of aliphatic hydroxyl groups is 2. The van der Waals surface area contributed by atoms with Gasteiger partial charge in [0.1, 0.15) is 5.69 Å². The first-order valence-corrected chi connectivity index (χ1v) is 5.59. The van der Waals surface area contributed by atoms with Crippen molar-refractivity contribution >= 4 is 34.0 Å². The first-order valence-electron chi connectivity index (χ1n) is 4.51. The van der Waals surface area contributed by atoms with Crippen molar-refractivity contribution in [1.82, 2.24) is 0 Å². The number of rotatable bonds is 5. The summed E-state index contributed by atoms with van der Waals surface area (Å²) in [7, 11) is 0. The molecule has 3 N–H and O–H groups in total. The lowest BCUT2D eigenvalue weighted by Gasteiger charge is -2.10. The van der Waals surface area contributed by atoms with Crippen LogP contribution in [-0.4, -0.2) is 34.4 Å². The fourth-order valence-corrected chi connectivity index (χ4v) is 1.57. The third kappa shape index (κ3) is 3.58. The second-order valence-corrected chi connectivity index (χ2v) is 4.38. The van der Waals surface area contributed by atoms with Crippen LogP contribution in [-0.2, 0) is 0 Å². The van der Waals surface area contributed by atoms with Gasteiger partial charge in [-0.1, -0.05) is 0 Å². The van der Waals surface area contributed by atoms with E-state index in [1.165, 1.54) is 6.07 Å². The van der Waals surface area contributed by atoms with Gasteiger partial charge in [0.2, 0.25) is 0 Å². The van der Waals surface area contributed by atoms with Crippen molar-refractivity contribution in [3.63, 3.8) is 0 Å². The predicted molar refractivity (Wildman–Crippen MR) is 67.4 cm³/mol. The van der Waals surface area contributed by atoms with Crippen LogP contribution in [0, 0.1) is 13.7 Å². The molecule has 16 heavy (non-hydrogen) atoms. The average Bonchev–Trinajstić information content (AvgIpc) is 2.26. The summed E-state index contributed by atoms with van der Waals surface area (Å²) in [5.74, 6) is 0. The van der Waals surface area contributed by atoms with E-state index in [1.807, 2.05) is 22.6 Å². The molecular formula is C9H11IN2O4. The second kappa shape index (κ2) is 5.97. The van der Waals surface area contributed by atoms with E-state index in [-0.39, 0.29) is 18.8 Å². The molecule has 1 rings (SSSR count). The Bertz CT molecular complexity index is 386. The summed E-state index contributed by atoms with van der Waals surface area (Å²) in [4.78, 5) is 10.2. The van der Waals surface area contributed by atoms with Gasteiger partial charge in [0.15, 0.2) is 0 Å². The number of anilines is 1. The maximum atomic E-state index is 10.7. The zero-order valence-electron chi connectivity index (χ0n) is 8.26. The number of hydrogen-bond acceptors (Lipinski definition) is 5. The van der Waals surface area contributed by atoms with E-state index >= 15 is 0 Å². The minimum Gasteiger partial charge on any atom is -0.394 e. The fraction of sp³-hybridized carbons (Fsp3) is 0.333. The second-order valence-electron chi connectivity index (χ2n) is 3.14. The Morgan fingerprint density at radius 1 is 1.56 bits per heavy atom.